The van der Waals surface area contributed by atoms with Crippen LogP contribution >= 0.6 is 11.3 Å². The fourth-order valence-corrected chi connectivity index (χ4v) is 3.62. The van der Waals surface area contributed by atoms with E-state index in [4.69, 9.17) is 0 Å². The van der Waals surface area contributed by atoms with Crippen LogP contribution in [0.3, 0.4) is 0 Å². The maximum Gasteiger partial charge on any atom is 0.253 e. The van der Waals surface area contributed by atoms with E-state index in [-0.39, 0.29) is 5.91 Å². The Bertz CT molecular complexity index is 640. The van der Waals surface area contributed by atoms with Gasteiger partial charge in [-0.25, -0.2) is 9.97 Å². The van der Waals surface area contributed by atoms with E-state index in [0.717, 1.165) is 23.7 Å². The third-order valence-corrected chi connectivity index (χ3v) is 4.92. The first-order chi connectivity index (χ1) is 10.6. The fraction of sp³-hybridized carbons (Fsp3) is 0.438. The van der Waals surface area contributed by atoms with Crippen LogP contribution in [0.4, 0.5) is 5.82 Å². The number of carbonyl (C=O) groups excluding carboxylic acids is 1. The maximum absolute atomic E-state index is 12.2. The minimum absolute atomic E-state index is 0.106. The van der Waals surface area contributed by atoms with Gasteiger partial charge in [0.2, 0.25) is 0 Å². The molecule has 6 heteroatoms. The van der Waals surface area contributed by atoms with Gasteiger partial charge in [0, 0.05) is 25.2 Å². The second-order valence-electron chi connectivity index (χ2n) is 5.67. The van der Waals surface area contributed by atoms with Crippen LogP contribution in [0.1, 0.15) is 38.8 Å². The second kappa shape index (κ2) is 6.44. The maximum atomic E-state index is 12.2. The Hall–Kier alpha value is -1.95. The summed E-state index contributed by atoms with van der Waals surface area (Å²) in [6.07, 6.45) is 6.31. The molecular formula is C16H20N4OS. The van der Waals surface area contributed by atoms with Gasteiger partial charge in [-0.3, -0.25) is 4.79 Å². The van der Waals surface area contributed by atoms with Crippen molar-refractivity contribution in [2.75, 3.05) is 19.0 Å². The van der Waals surface area contributed by atoms with Crippen molar-refractivity contribution in [1.29, 1.82) is 0 Å². The summed E-state index contributed by atoms with van der Waals surface area (Å²) in [5, 5.41) is 3.93. The number of anilines is 1. The van der Waals surface area contributed by atoms with Crippen LogP contribution in [-0.2, 0) is 19.4 Å². The second-order valence-corrected chi connectivity index (χ2v) is 6.83. The lowest BCUT2D eigenvalue weighted by Gasteiger charge is -2.11. The van der Waals surface area contributed by atoms with Gasteiger partial charge in [-0.2, -0.15) is 0 Å². The van der Waals surface area contributed by atoms with Gasteiger partial charge in [0.05, 0.1) is 17.8 Å². The SMILES string of the molecule is CN(C)c1ccc(C(=O)NCc2nc3c(s2)CCCC3)cn1. The summed E-state index contributed by atoms with van der Waals surface area (Å²) in [6.45, 7) is 0.492. The lowest BCUT2D eigenvalue weighted by atomic mass is 10.0. The molecule has 1 aliphatic rings. The van der Waals surface area contributed by atoms with Crippen LogP contribution in [0.5, 0.6) is 0 Å². The van der Waals surface area contributed by atoms with Gasteiger partial charge in [0.25, 0.3) is 5.91 Å². The van der Waals surface area contributed by atoms with E-state index < -0.39 is 0 Å². The smallest absolute Gasteiger partial charge is 0.253 e. The standard InChI is InChI=1S/C16H20N4OS/c1-20(2)14-8-7-11(9-17-14)16(21)18-10-15-19-12-5-3-4-6-13(12)22-15/h7-9H,3-6,10H2,1-2H3,(H,18,21). The summed E-state index contributed by atoms with van der Waals surface area (Å²) in [5.41, 5.74) is 1.81. The van der Waals surface area contributed by atoms with E-state index in [2.05, 4.69) is 15.3 Å². The van der Waals surface area contributed by atoms with Crippen LogP contribution in [-0.4, -0.2) is 30.0 Å². The molecule has 116 valence electrons. The number of hydrogen-bond donors (Lipinski definition) is 1. The van der Waals surface area contributed by atoms with Crippen molar-refractivity contribution in [3.05, 3.63) is 39.5 Å². The number of fused-ring (bicyclic) bond motifs is 1. The summed E-state index contributed by atoms with van der Waals surface area (Å²) in [5.74, 6) is 0.732. The van der Waals surface area contributed by atoms with Crippen molar-refractivity contribution < 1.29 is 4.79 Å². The highest BCUT2D eigenvalue weighted by Gasteiger charge is 2.15. The third-order valence-electron chi connectivity index (χ3n) is 3.76. The first-order valence-electron chi connectivity index (χ1n) is 7.52. The zero-order valence-corrected chi connectivity index (χ0v) is 13.7. The van der Waals surface area contributed by atoms with Gasteiger partial charge in [-0.1, -0.05) is 0 Å². The summed E-state index contributed by atoms with van der Waals surface area (Å²) in [6, 6.07) is 3.64. The Morgan fingerprint density at radius 3 is 2.82 bits per heavy atom. The highest BCUT2D eigenvalue weighted by atomic mass is 32.1. The number of aromatic nitrogens is 2. The van der Waals surface area contributed by atoms with Gasteiger partial charge >= 0.3 is 0 Å². The molecule has 1 amide bonds. The van der Waals surface area contributed by atoms with E-state index in [0.29, 0.717) is 12.1 Å². The Labute approximate surface area is 134 Å². The lowest BCUT2D eigenvalue weighted by Crippen LogP contribution is -2.23. The predicted octanol–water partition coefficient (Wildman–Crippen LogP) is 2.41. The Balaban J connectivity index is 1.61. The summed E-state index contributed by atoms with van der Waals surface area (Å²) < 4.78 is 0. The molecule has 0 unspecified atom stereocenters. The number of carbonyl (C=O) groups is 1. The van der Waals surface area contributed by atoms with Crippen LogP contribution in [0.15, 0.2) is 18.3 Å². The Morgan fingerprint density at radius 1 is 1.32 bits per heavy atom. The van der Waals surface area contributed by atoms with Gasteiger partial charge in [0.1, 0.15) is 10.8 Å². The number of rotatable bonds is 4. The first kappa shape index (κ1) is 15.0. The highest BCUT2D eigenvalue weighted by molar-refractivity contribution is 7.11. The zero-order chi connectivity index (χ0) is 15.5. The molecule has 1 N–H and O–H groups in total. The van der Waals surface area contributed by atoms with E-state index in [1.165, 1.54) is 23.4 Å². The number of nitrogens with one attached hydrogen (secondary N) is 1. The van der Waals surface area contributed by atoms with Gasteiger partial charge in [-0.15, -0.1) is 11.3 Å². The van der Waals surface area contributed by atoms with E-state index >= 15 is 0 Å². The molecule has 1 aliphatic carbocycles. The highest BCUT2D eigenvalue weighted by Crippen LogP contribution is 2.26. The molecule has 2 aromatic rings. The summed E-state index contributed by atoms with van der Waals surface area (Å²) in [4.78, 5) is 24.3. The Morgan fingerprint density at radius 2 is 2.14 bits per heavy atom. The van der Waals surface area contributed by atoms with Crippen molar-refractivity contribution >= 4 is 23.1 Å². The molecule has 0 aliphatic heterocycles. The number of hydrogen-bond acceptors (Lipinski definition) is 5. The van der Waals surface area contributed by atoms with E-state index in [1.807, 2.05) is 25.1 Å². The normalized spacial score (nSPS) is 13.5. The van der Waals surface area contributed by atoms with Crippen LogP contribution < -0.4 is 10.2 Å². The molecule has 5 nitrogen and oxygen atoms in total. The fourth-order valence-electron chi connectivity index (χ4n) is 2.52. The molecule has 2 aromatic heterocycles. The van der Waals surface area contributed by atoms with Crippen molar-refractivity contribution in [2.24, 2.45) is 0 Å². The number of thiazole rings is 1. The van der Waals surface area contributed by atoms with Crippen LogP contribution in [0.2, 0.25) is 0 Å². The van der Waals surface area contributed by atoms with Gasteiger partial charge < -0.3 is 10.2 Å². The van der Waals surface area contributed by atoms with E-state index in [9.17, 15) is 4.79 Å². The Kier molecular flexibility index (Phi) is 4.38. The lowest BCUT2D eigenvalue weighted by molar-refractivity contribution is 0.0950. The molecule has 22 heavy (non-hydrogen) atoms. The quantitative estimate of drug-likeness (QED) is 0.941. The average molecular weight is 316 g/mol. The van der Waals surface area contributed by atoms with Crippen molar-refractivity contribution in [3.63, 3.8) is 0 Å². The first-order valence-corrected chi connectivity index (χ1v) is 8.34. The van der Waals surface area contributed by atoms with Gasteiger partial charge in [0.15, 0.2) is 0 Å². The molecule has 0 radical (unpaired) electrons. The molecule has 0 saturated heterocycles. The number of pyridine rings is 1. The average Bonchev–Trinajstić information content (AvgIpc) is 2.95. The molecule has 0 bridgehead atoms. The molecule has 0 fully saturated rings. The predicted molar refractivity (Wildman–Crippen MR) is 88.5 cm³/mol. The summed E-state index contributed by atoms with van der Waals surface area (Å²) >= 11 is 1.73. The number of amides is 1. The van der Waals surface area contributed by atoms with Crippen molar-refractivity contribution in [2.45, 2.75) is 32.2 Å². The number of nitrogens with zero attached hydrogens (tertiary/aromatic N) is 3. The monoisotopic (exact) mass is 316 g/mol. The zero-order valence-electron chi connectivity index (χ0n) is 12.9. The molecule has 3 rings (SSSR count). The molecule has 0 atom stereocenters. The van der Waals surface area contributed by atoms with Crippen LogP contribution in [0, 0.1) is 0 Å². The minimum atomic E-state index is -0.106. The largest absolute Gasteiger partial charge is 0.363 e. The summed E-state index contributed by atoms with van der Waals surface area (Å²) in [7, 11) is 3.85. The topological polar surface area (TPSA) is 58.1 Å². The van der Waals surface area contributed by atoms with Crippen LogP contribution in [0.25, 0.3) is 0 Å². The van der Waals surface area contributed by atoms with Crippen molar-refractivity contribution in [3.8, 4) is 0 Å². The third kappa shape index (κ3) is 3.27. The molecule has 0 saturated carbocycles. The molecule has 2 heterocycles. The van der Waals surface area contributed by atoms with Crippen molar-refractivity contribution in [1.82, 2.24) is 15.3 Å². The van der Waals surface area contributed by atoms with E-state index in [1.54, 1.807) is 23.6 Å². The van der Waals surface area contributed by atoms with Gasteiger partial charge in [-0.05, 0) is 37.8 Å². The molecule has 0 aromatic carbocycles. The molecule has 0 spiro atoms. The number of aryl methyl sites for hydroxylation is 2. The molecular weight excluding hydrogens is 296 g/mol. The minimum Gasteiger partial charge on any atom is -0.363 e.